The van der Waals surface area contributed by atoms with Gasteiger partial charge in [-0.15, -0.1) is 0 Å². The molecule has 0 bridgehead atoms. The van der Waals surface area contributed by atoms with Crippen LogP contribution in [0.25, 0.3) is 11.3 Å². The van der Waals surface area contributed by atoms with Gasteiger partial charge in [-0.05, 0) is 25.8 Å². The van der Waals surface area contributed by atoms with Crippen molar-refractivity contribution >= 4 is 11.3 Å². The molecule has 0 aromatic carbocycles. The van der Waals surface area contributed by atoms with E-state index in [4.69, 9.17) is 4.74 Å². The number of hydrogen-bond acceptors (Lipinski definition) is 2. The van der Waals surface area contributed by atoms with Gasteiger partial charge in [0.05, 0.1) is 7.11 Å². The molecule has 0 radical (unpaired) electrons. The first-order chi connectivity index (χ1) is 7.26. The Labute approximate surface area is 90.3 Å². The van der Waals surface area contributed by atoms with Crippen LogP contribution in [-0.2, 0) is 11.2 Å². The van der Waals surface area contributed by atoms with Gasteiger partial charge >= 0.3 is 0 Å². The smallest absolute Gasteiger partial charge is 0.122 e. The van der Waals surface area contributed by atoms with Crippen LogP contribution in [-0.4, -0.2) is 12.1 Å². The number of hydrogen-bond donors (Lipinski definition) is 0. The summed E-state index contributed by atoms with van der Waals surface area (Å²) < 4.78 is 5.41. The maximum atomic E-state index is 5.41. The van der Waals surface area contributed by atoms with Gasteiger partial charge in [-0.1, -0.05) is 18.6 Å². The zero-order valence-corrected chi connectivity index (χ0v) is 9.63. The summed E-state index contributed by atoms with van der Waals surface area (Å²) in [6.45, 7) is 4.30. The van der Waals surface area contributed by atoms with Crippen molar-refractivity contribution in [1.82, 2.24) is 4.98 Å². The SMILES string of the molecule is CCc1ccc2c(n1)=C(OC)CCC=2C. The van der Waals surface area contributed by atoms with Crippen LogP contribution in [0.5, 0.6) is 0 Å². The highest BCUT2D eigenvalue weighted by atomic mass is 16.5. The Morgan fingerprint density at radius 3 is 2.80 bits per heavy atom. The summed E-state index contributed by atoms with van der Waals surface area (Å²) in [5.74, 6) is 1.03. The molecule has 2 rings (SSSR count). The van der Waals surface area contributed by atoms with E-state index >= 15 is 0 Å². The molecule has 0 saturated heterocycles. The van der Waals surface area contributed by atoms with Crippen LogP contribution in [0.2, 0.25) is 0 Å². The summed E-state index contributed by atoms with van der Waals surface area (Å²) in [7, 11) is 1.74. The van der Waals surface area contributed by atoms with E-state index in [1.807, 2.05) is 0 Å². The molecule has 1 aromatic heterocycles. The number of aromatic nitrogens is 1. The van der Waals surface area contributed by atoms with Crippen molar-refractivity contribution in [3.05, 3.63) is 28.4 Å². The normalized spacial score (nSPS) is 15.1. The Hall–Kier alpha value is -1.31. The Morgan fingerprint density at radius 1 is 1.33 bits per heavy atom. The van der Waals surface area contributed by atoms with Gasteiger partial charge in [-0.25, -0.2) is 4.98 Å². The van der Waals surface area contributed by atoms with Gasteiger partial charge in [0, 0.05) is 17.3 Å². The lowest BCUT2D eigenvalue weighted by atomic mass is 10.0. The molecule has 0 fully saturated rings. The van der Waals surface area contributed by atoms with Crippen molar-refractivity contribution in [3.63, 3.8) is 0 Å². The Bertz CT molecular complexity index is 488. The highest BCUT2D eigenvalue weighted by Gasteiger charge is 2.09. The van der Waals surface area contributed by atoms with Crippen LogP contribution < -0.4 is 10.6 Å². The topological polar surface area (TPSA) is 22.1 Å². The van der Waals surface area contributed by atoms with Crippen LogP contribution in [0.3, 0.4) is 0 Å². The molecular weight excluding hydrogens is 186 g/mol. The molecular formula is C13H17NO. The molecule has 0 N–H and O–H groups in total. The van der Waals surface area contributed by atoms with Crippen LogP contribution in [0.4, 0.5) is 0 Å². The Kier molecular flexibility index (Phi) is 2.76. The minimum Gasteiger partial charge on any atom is -0.499 e. The highest BCUT2D eigenvalue weighted by molar-refractivity contribution is 5.51. The zero-order valence-electron chi connectivity index (χ0n) is 9.63. The number of pyridine rings is 1. The van der Waals surface area contributed by atoms with Crippen molar-refractivity contribution in [2.75, 3.05) is 7.11 Å². The number of fused-ring (bicyclic) bond motifs is 1. The van der Waals surface area contributed by atoms with Crippen LogP contribution >= 0.6 is 0 Å². The summed E-state index contributed by atoms with van der Waals surface area (Å²) in [5.41, 5.74) is 2.55. The predicted octanol–water partition coefficient (Wildman–Crippen LogP) is 1.36. The molecule has 1 heterocycles. The molecule has 0 atom stereocenters. The zero-order chi connectivity index (χ0) is 10.8. The van der Waals surface area contributed by atoms with Gasteiger partial charge < -0.3 is 4.74 Å². The summed E-state index contributed by atoms with van der Waals surface area (Å²) in [5, 5.41) is 2.32. The van der Waals surface area contributed by atoms with E-state index in [1.165, 1.54) is 10.8 Å². The highest BCUT2D eigenvalue weighted by Crippen LogP contribution is 2.13. The van der Waals surface area contributed by atoms with Gasteiger partial charge in [0.1, 0.15) is 11.1 Å². The van der Waals surface area contributed by atoms with Crippen LogP contribution in [0.1, 0.15) is 32.4 Å². The molecule has 1 aromatic rings. The van der Waals surface area contributed by atoms with E-state index in [0.29, 0.717) is 0 Å². The van der Waals surface area contributed by atoms with Gasteiger partial charge in [0.25, 0.3) is 0 Å². The van der Waals surface area contributed by atoms with E-state index in [2.05, 4.69) is 31.0 Å². The van der Waals surface area contributed by atoms with Crippen LogP contribution in [0, 0.1) is 0 Å². The van der Waals surface area contributed by atoms with Crippen molar-refractivity contribution in [3.8, 4) is 0 Å². The Morgan fingerprint density at radius 2 is 2.13 bits per heavy atom. The average Bonchev–Trinajstić information content (AvgIpc) is 2.29. The molecule has 2 heteroatoms. The maximum absolute atomic E-state index is 5.41. The predicted molar refractivity (Wildman–Crippen MR) is 61.6 cm³/mol. The monoisotopic (exact) mass is 203 g/mol. The van der Waals surface area contributed by atoms with E-state index < -0.39 is 0 Å². The lowest BCUT2D eigenvalue weighted by Crippen LogP contribution is -2.35. The first-order valence-corrected chi connectivity index (χ1v) is 5.49. The van der Waals surface area contributed by atoms with E-state index in [0.717, 1.165) is 36.1 Å². The number of ether oxygens (including phenoxy) is 1. The third kappa shape index (κ3) is 1.76. The first-order valence-electron chi connectivity index (χ1n) is 5.49. The number of rotatable bonds is 2. The standard InChI is InChI=1S/C13H17NO/c1-4-10-6-7-11-9(2)5-8-12(15-3)13(11)14-10/h6-7H,4-5,8H2,1-3H3. The van der Waals surface area contributed by atoms with E-state index in [-0.39, 0.29) is 0 Å². The maximum Gasteiger partial charge on any atom is 0.122 e. The van der Waals surface area contributed by atoms with Crippen molar-refractivity contribution < 1.29 is 4.74 Å². The van der Waals surface area contributed by atoms with Gasteiger partial charge in [-0.2, -0.15) is 0 Å². The fourth-order valence-corrected chi connectivity index (χ4v) is 2.01. The molecule has 0 unspecified atom stereocenters. The second-order valence-electron chi connectivity index (χ2n) is 3.96. The van der Waals surface area contributed by atoms with Crippen molar-refractivity contribution in [2.45, 2.75) is 33.1 Å². The fourth-order valence-electron chi connectivity index (χ4n) is 2.01. The lowest BCUT2D eigenvalue weighted by Gasteiger charge is -2.13. The molecule has 0 amide bonds. The molecule has 1 aliphatic carbocycles. The van der Waals surface area contributed by atoms with E-state index in [9.17, 15) is 0 Å². The summed E-state index contributed by atoms with van der Waals surface area (Å²) >= 11 is 0. The Balaban J connectivity index is 2.79. The first kappa shape index (κ1) is 10.2. The molecule has 1 aliphatic rings. The summed E-state index contributed by atoms with van der Waals surface area (Å²) in [4.78, 5) is 4.65. The fraction of sp³-hybridized carbons (Fsp3) is 0.462. The lowest BCUT2D eigenvalue weighted by molar-refractivity contribution is 0.346. The van der Waals surface area contributed by atoms with E-state index in [1.54, 1.807) is 7.11 Å². The number of aryl methyl sites for hydroxylation is 1. The molecule has 0 aliphatic heterocycles. The van der Waals surface area contributed by atoms with Gasteiger partial charge in [0.15, 0.2) is 0 Å². The molecule has 2 nitrogen and oxygen atoms in total. The molecule has 15 heavy (non-hydrogen) atoms. The summed E-state index contributed by atoms with van der Waals surface area (Å²) in [6.07, 6.45) is 3.04. The number of nitrogens with zero attached hydrogens (tertiary/aromatic N) is 1. The number of methoxy groups -OCH3 is 1. The molecule has 0 saturated carbocycles. The van der Waals surface area contributed by atoms with Crippen molar-refractivity contribution in [1.29, 1.82) is 0 Å². The van der Waals surface area contributed by atoms with Crippen LogP contribution in [0.15, 0.2) is 12.1 Å². The summed E-state index contributed by atoms with van der Waals surface area (Å²) in [6, 6.07) is 4.29. The third-order valence-corrected chi connectivity index (χ3v) is 3.01. The second-order valence-corrected chi connectivity index (χ2v) is 3.96. The second kappa shape index (κ2) is 4.05. The minimum absolute atomic E-state index is 0.976. The quantitative estimate of drug-likeness (QED) is 0.724. The van der Waals surface area contributed by atoms with Gasteiger partial charge in [0.2, 0.25) is 0 Å². The molecule has 0 spiro atoms. The third-order valence-electron chi connectivity index (χ3n) is 3.01. The minimum atomic E-state index is 0.976. The largest absolute Gasteiger partial charge is 0.499 e. The average molecular weight is 203 g/mol. The van der Waals surface area contributed by atoms with Crippen molar-refractivity contribution in [2.24, 2.45) is 0 Å². The molecule has 80 valence electrons. The van der Waals surface area contributed by atoms with Gasteiger partial charge in [-0.3, -0.25) is 0 Å².